The maximum Gasteiger partial charge on any atom is 0.129 e. The van der Waals surface area contributed by atoms with Crippen LogP contribution in [0, 0.1) is 0 Å². The summed E-state index contributed by atoms with van der Waals surface area (Å²) in [6.45, 7) is 9.83. The third-order valence-corrected chi connectivity index (χ3v) is 2.12. The molecule has 0 saturated heterocycles. The second kappa shape index (κ2) is 26.4. The number of ketones is 1. The number of carbonyl (C=O) groups is 1. The van der Waals surface area contributed by atoms with Crippen LogP contribution in [-0.4, -0.2) is 17.5 Å². The van der Waals surface area contributed by atoms with Gasteiger partial charge in [-0.3, -0.25) is 0 Å². The Bertz CT molecular complexity index is 214. The van der Waals surface area contributed by atoms with E-state index in [0.29, 0.717) is 6.42 Å². The predicted octanol–water partition coefficient (Wildman–Crippen LogP) is 5.26. The number of Topliss-reactive ketones (excluding diaryl/α,β-unsaturated/α-hetero) is 1. The minimum atomic E-state index is 0.250. The fourth-order valence-corrected chi connectivity index (χ4v) is 0.885. The second-order valence-electron chi connectivity index (χ2n) is 4.23. The van der Waals surface area contributed by atoms with Crippen LogP contribution in [0.3, 0.4) is 0 Å². The number of aliphatic hydroxyl groups excluding tert-OH is 1. The third kappa shape index (κ3) is 43.6. The number of hydrogen-bond acceptors (Lipinski definition) is 2. The molecule has 0 bridgehead atoms. The summed E-state index contributed by atoms with van der Waals surface area (Å²) in [7, 11) is 0. The molecule has 0 fully saturated rings. The molecule has 0 saturated carbocycles. The molecule has 0 aliphatic carbocycles. The number of aliphatic hydroxyl groups is 1. The molecule has 0 amide bonds. The molecule has 118 valence electrons. The van der Waals surface area contributed by atoms with Crippen molar-refractivity contribution in [2.45, 2.75) is 66.7 Å². The zero-order valence-corrected chi connectivity index (χ0v) is 14.1. The van der Waals surface area contributed by atoms with Gasteiger partial charge in [-0.25, -0.2) is 0 Å². The lowest BCUT2D eigenvalue weighted by Gasteiger charge is -1.86. The van der Waals surface area contributed by atoms with E-state index in [1.807, 2.05) is 43.3 Å². The SMILES string of the molecule is CCC(C)=O.CCCCCC.CCO.c1ccccc1. The monoisotopic (exact) mass is 282 g/mol. The number of benzene rings is 1. The van der Waals surface area contributed by atoms with Gasteiger partial charge in [-0.1, -0.05) is 82.9 Å². The maximum absolute atomic E-state index is 9.81. The Morgan fingerprint density at radius 3 is 1.10 bits per heavy atom. The smallest absolute Gasteiger partial charge is 0.129 e. The number of hydrogen-bond donors (Lipinski definition) is 1. The van der Waals surface area contributed by atoms with E-state index in [4.69, 9.17) is 5.11 Å². The molecule has 2 heteroatoms. The lowest BCUT2D eigenvalue weighted by Crippen LogP contribution is -1.80. The Morgan fingerprint density at radius 1 is 0.800 bits per heavy atom. The van der Waals surface area contributed by atoms with Gasteiger partial charge in [0.25, 0.3) is 0 Å². The predicted molar refractivity (Wildman–Crippen MR) is 90.0 cm³/mol. The molecule has 0 atom stereocenters. The highest BCUT2D eigenvalue weighted by molar-refractivity contribution is 5.74. The highest BCUT2D eigenvalue weighted by Crippen LogP contribution is 1.95. The van der Waals surface area contributed by atoms with Gasteiger partial charge < -0.3 is 9.90 Å². The number of unbranched alkanes of at least 4 members (excludes halogenated alkanes) is 3. The topological polar surface area (TPSA) is 37.3 Å². The highest BCUT2D eigenvalue weighted by Gasteiger charge is 1.77. The molecular formula is C18H34O2. The molecule has 0 heterocycles. The average Bonchev–Trinajstić information content (AvgIpc) is 2.49. The molecular weight excluding hydrogens is 248 g/mol. The molecule has 1 rings (SSSR count). The molecule has 0 aliphatic heterocycles. The van der Waals surface area contributed by atoms with E-state index < -0.39 is 0 Å². The van der Waals surface area contributed by atoms with E-state index >= 15 is 0 Å². The average molecular weight is 282 g/mol. The van der Waals surface area contributed by atoms with Crippen LogP contribution in [0.15, 0.2) is 36.4 Å². The van der Waals surface area contributed by atoms with Crippen LogP contribution in [-0.2, 0) is 4.79 Å². The molecule has 1 N–H and O–H groups in total. The van der Waals surface area contributed by atoms with E-state index in [-0.39, 0.29) is 12.4 Å². The van der Waals surface area contributed by atoms with Gasteiger partial charge in [-0.15, -0.1) is 0 Å². The minimum Gasteiger partial charge on any atom is -0.397 e. The lowest BCUT2D eigenvalue weighted by molar-refractivity contribution is -0.116. The van der Waals surface area contributed by atoms with E-state index in [1.165, 1.54) is 25.7 Å². The first-order chi connectivity index (χ1) is 9.60. The van der Waals surface area contributed by atoms with Gasteiger partial charge in [-0.05, 0) is 13.8 Å². The summed E-state index contributed by atoms with van der Waals surface area (Å²) < 4.78 is 0. The molecule has 2 nitrogen and oxygen atoms in total. The summed E-state index contributed by atoms with van der Waals surface area (Å²) in [5, 5.41) is 7.57. The largest absolute Gasteiger partial charge is 0.397 e. The van der Waals surface area contributed by atoms with Crippen molar-refractivity contribution in [1.29, 1.82) is 0 Å². The molecule has 0 radical (unpaired) electrons. The van der Waals surface area contributed by atoms with Crippen molar-refractivity contribution in [2.24, 2.45) is 0 Å². The van der Waals surface area contributed by atoms with E-state index in [9.17, 15) is 4.79 Å². The molecule has 1 aromatic rings. The standard InChI is InChI=1S/C6H6.C6H14.C4H8O.C2H6O/c1-2-4-6-5-3-1;1-3-5-6-4-2;1-3-4(2)5;1-2-3/h1-6H;3-6H2,1-2H3;3H2,1-2H3;3H,2H2,1H3. The van der Waals surface area contributed by atoms with E-state index in [2.05, 4.69) is 13.8 Å². The summed E-state index contributed by atoms with van der Waals surface area (Å²) >= 11 is 0. The van der Waals surface area contributed by atoms with Crippen molar-refractivity contribution in [3.63, 3.8) is 0 Å². The summed E-state index contributed by atoms with van der Waals surface area (Å²) in [4.78, 5) is 9.81. The number of carbonyl (C=O) groups excluding carboxylic acids is 1. The van der Waals surface area contributed by atoms with Gasteiger partial charge in [0, 0.05) is 13.0 Å². The van der Waals surface area contributed by atoms with Crippen molar-refractivity contribution in [2.75, 3.05) is 6.61 Å². The first-order valence-corrected chi connectivity index (χ1v) is 7.70. The molecule has 1 aromatic carbocycles. The summed E-state index contributed by atoms with van der Waals surface area (Å²) in [6.07, 6.45) is 6.20. The Kier molecular flexibility index (Phi) is 31.6. The van der Waals surface area contributed by atoms with Crippen molar-refractivity contribution in [1.82, 2.24) is 0 Å². The Hall–Kier alpha value is -1.15. The van der Waals surface area contributed by atoms with Crippen molar-refractivity contribution < 1.29 is 9.90 Å². The van der Waals surface area contributed by atoms with Crippen molar-refractivity contribution in [3.05, 3.63) is 36.4 Å². The van der Waals surface area contributed by atoms with Gasteiger partial charge in [0.2, 0.25) is 0 Å². The van der Waals surface area contributed by atoms with Crippen LogP contribution in [0.1, 0.15) is 66.7 Å². The first-order valence-electron chi connectivity index (χ1n) is 7.70. The Labute approximate surface area is 126 Å². The Balaban J connectivity index is -0.000000199. The van der Waals surface area contributed by atoms with Crippen LogP contribution < -0.4 is 0 Å². The van der Waals surface area contributed by atoms with E-state index in [1.54, 1.807) is 13.8 Å². The third-order valence-electron chi connectivity index (χ3n) is 2.12. The zero-order chi connectivity index (χ0) is 16.1. The van der Waals surface area contributed by atoms with E-state index in [0.717, 1.165) is 0 Å². The minimum absolute atomic E-state index is 0.250. The quantitative estimate of drug-likeness (QED) is 0.765. The molecule has 20 heavy (non-hydrogen) atoms. The van der Waals surface area contributed by atoms with Crippen LogP contribution in [0.5, 0.6) is 0 Å². The zero-order valence-electron chi connectivity index (χ0n) is 14.1. The summed E-state index contributed by atoms with van der Waals surface area (Å²) in [5.74, 6) is 0.255. The van der Waals surface area contributed by atoms with Gasteiger partial charge in [0.15, 0.2) is 0 Å². The normalized spacial score (nSPS) is 7.90. The summed E-state index contributed by atoms with van der Waals surface area (Å²) in [6, 6.07) is 12.0. The van der Waals surface area contributed by atoms with Crippen LogP contribution in [0.25, 0.3) is 0 Å². The Morgan fingerprint density at radius 2 is 1.00 bits per heavy atom. The van der Waals surface area contributed by atoms with Crippen LogP contribution in [0.4, 0.5) is 0 Å². The maximum atomic E-state index is 9.81. The van der Waals surface area contributed by atoms with Crippen molar-refractivity contribution >= 4 is 5.78 Å². The van der Waals surface area contributed by atoms with Crippen LogP contribution in [0.2, 0.25) is 0 Å². The van der Waals surface area contributed by atoms with Gasteiger partial charge >= 0.3 is 0 Å². The van der Waals surface area contributed by atoms with Gasteiger partial charge in [-0.2, -0.15) is 0 Å². The molecule has 0 unspecified atom stereocenters. The van der Waals surface area contributed by atoms with Gasteiger partial charge in [0.1, 0.15) is 5.78 Å². The molecule has 0 aromatic heterocycles. The molecule has 0 spiro atoms. The number of rotatable bonds is 4. The molecule has 0 aliphatic rings. The summed E-state index contributed by atoms with van der Waals surface area (Å²) in [5.41, 5.74) is 0. The van der Waals surface area contributed by atoms with Crippen LogP contribution >= 0.6 is 0 Å². The lowest BCUT2D eigenvalue weighted by atomic mass is 10.2. The highest BCUT2D eigenvalue weighted by atomic mass is 16.2. The second-order valence-corrected chi connectivity index (χ2v) is 4.23. The van der Waals surface area contributed by atoms with Gasteiger partial charge in [0.05, 0.1) is 0 Å². The fraction of sp³-hybridized carbons (Fsp3) is 0.611. The first kappa shape index (κ1) is 23.9. The fourth-order valence-electron chi connectivity index (χ4n) is 0.885. The van der Waals surface area contributed by atoms with Crippen molar-refractivity contribution in [3.8, 4) is 0 Å².